The molecule has 9 nitrogen and oxygen atoms in total. The normalized spacial score (nSPS) is 19.2. The first-order chi connectivity index (χ1) is 19.1. The molecule has 0 radical (unpaired) electrons. The lowest BCUT2D eigenvalue weighted by atomic mass is 9.71. The number of likely N-dealkylation sites (tertiary alicyclic amines) is 2. The van der Waals surface area contributed by atoms with E-state index in [1.54, 1.807) is 0 Å². The van der Waals surface area contributed by atoms with E-state index in [0.717, 1.165) is 63.1 Å². The van der Waals surface area contributed by atoms with Crippen molar-refractivity contribution < 1.29 is 55.3 Å². The molecule has 230 valence electrons. The van der Waals surface area contributed by atoms with Gasteiger partial charge in [0.05, 0.1) is 18.8 Å². The van der Waals surface area contributed by atoms with Gasteiger partial charge in [0.15, 0.2) is 0 Å². The van der Waals surface area contributed by atoms with E-state index in [-0.39, 0.29) is 0 Å². The number of hydrogen-bond donors (Lipinski definition) is 2. The molecule has 1 spiro atoms. The van der Waals surface area contributed by atoms with Crippen LogP contribution in [-0.4, -0.2) is 89.2 Å². The third-order valence-electron chi connectivity index (χ3n) is 6.88. The highest BCUT2D eigenvalue weighted by atomic mass is 19.4. The van der Waals surface area contributed by atoms with Crippen molar-refractivity contribution in [2.45, 2.75) is 45.2 Å². The summed E-state index contributed by atoms with van der Waals surface area (Å²) in [6.07, 6.45) is -5.80. The third kappa shape index (κ3) is 11.0. The molecule has 4 heterocycles. The van der Waals surface area contributed by atoms with Crippen LogP contribution in [0.5, 0.6) is 0 Å². The minimum atomic E-state index is -5.08. The summed E-state index contributed by atoms with van der Waals surface area (Å²) >= 11 is 0. The van der Waals surface area contributed by atoms with Gasteiger partial charge in [0.1, 0.15) is 11.5 Å². The van der Waals surface area contributed by atoms with E-state index in [1.807, 2.05) is 26.3 Å². The molecule has 2 aromatic rings. The molecule has 2 aromatic heterocycles. The molecular weight excluding hydrogens is 564 g/mol. The number of pyridine rings is 1. The Hall–Kier alpha value is -3.17. The van der Waals surface area contributed by atoms with Gasteiger partial charge in [-0.3, -0.25) is 14.8 Å². The van der Waals surface area contributed by atoms with E-state index in [4.69, 9.17) is 29.0 Å². The van der Waals surface area contributed by atoms with Crippen LogP contribution in [0, 0.1) is 18.3 Å². The minimum absolute atomic E-state index is 0.375. The van der Waals surface area contributed by atoms with Crippen molar-refractivity contribution >= 4 is 11.9 Å². The summed E-state index contributed by atoms with van der Waals surface area (Å²) in [6.45, 7) is 9.28. The van der Waals surface area contributed by atoms with Crippen LogP contribution in [-0.2, 0) is 27.4 Å². The largest absolute Gasteiger partial charge is 0.490 e. The SMILES string of the molecule is COCC1CN(Cc2ccccn2)CC12CCN(Cc1ccc(C)o1)CC2.O=C(O)C(F)(F)F.O=C(O)C(F)(F)F. The Morgan fingerprint density at radius 2 is 1.59 bits per heavy atom. The number of aryl methyl sites for hydroxylation is 1. The van der Waals surface area contributed by atoms with Crippen LogP contribution >= 0.6 is 0 Å². The molecule has 2 fully saturated rings. The molecule has 0 bridgehead atoms. The number of methoxy groups -OCH3 is 1. The van der Waals surface area contributed by atoms with Gasteiger partial charge in [0.25, 0.3) is 0 Å². The molecule has 2 aliphatic rings. The number of furan rings is 1. The molecule has 41 heavy (non-hydrogen) atoms. The highest BCUT2D eigenvalue weighted by Gasteiger charge is 2.47. The Morgan fingerprint density at radius 1 is 1.00 bits per heavy atom. The number of carboxylic acids is 2. The molecule has 0 aliphatic carbocycles. The molecule has 0 amide bonds. The van der Waals surface area contributed by atoms with E-state index in [2.05, 4.69) is 39.0 Å². The van der Waals surface area contributed by atoms with Crippen molar-refractivity contribution in [3.63, 3.8) is 0 Å². The van der Waals surface area contributed by atoms with Crippen LogP contribution in [0.1, 0.15) is 30.1 Å². The number of nitrogens with zero attached hydrogens (tertiary/aromatic N) is 3. The first-order valence-electron chi connectivity index (χ1n) is 12.5. The second-order valence-electron chi connectivity index (χ2n) is 9.90. The second kappa shape index (κ2) is 14.6. The number of rotatable bonds is 6. The Balaban J connectivity index is 0.000000349. The van der Waals surface area contributed by atoms with E-state index in [1.165, 1.54) is 12.8 Å². The smallest absolute Gasteiger partial charge is 0.475 e. The van der Waals surface area contributed by atoms with Crippen molar-refractivity contribution in [2.75, 3.05) is 39.9 Å². The van der Waals surface area contributed by atoms with Crippen LogP contribution in [0.25, 0.3) is 0 Å². The fourth-order valence-electron chi connectivity index (χ4n) is 4.93. The quantitative estimate of drug-likeness (QED) is 0.461. The molecule has 2 N–H and O–H groups in total. The first kappa shape index (κ1) is 34.0. The number of ether oxygens (including phenoxy) is 1. The maximum absolute atomic E-state index is 10.6. The maximum atomic E-state index is 10.6. The highest BCUT2D eigenvalue weighted by Crippen LogP contribution is 2.45. The lowest BCUT2D eigenvalue weighted by Crippen LogP contribution is -2.44. The molecular formula is C26H33F6N3O6. The number of carbonyl (C=O) groups is 2. The zero-order valence-corrected chi connectivity index (χ0v) is 22.5. The molecule has 0 saturated carbocycles. The van der Waals surface area contributed by atoms with Crippen molar-refractivity contribution in [3.8, 4) is 0 Å². The van der Waals surface area contributed by atoms with Gasteiger partial charge in [-0.1, -0.05) is 6.07 Å². The number of halogens is 6. The predicted molar refractivity (Wildman–Crippen MR) is 133 cm³/mol. The lowest BCUT2D eigenvalue weighted by Gasteiger charge is -2.42. The van der Waals surface area contributed by atoms with E-state index >= 15 is 0 Å². The molecule has 2 saturated heterocycles. The fraction of sp³-hybridized carbons (Fsp3) is 0.577. The number of carboxylic acid groups (broad SMARTS) is 2. The molecule has 4 rings (SSSR count). The maximum Gasteiger partial charge on any atom is 0.490 e. The van der Waals surface area contributed by atoms with Crippen LogP contribution in [0.3, 0.4) is 0 Å². The van der Waals surface area contributed by atoms with Crippen molar-refractivity contribution in [3.05, 3.63) is 53.7 Å². The van der Waals surface area contributed by atoms with Gasteiger partial charge in [-0.05, 0) is 62.5 Å². The van der Waals surface area contributed by atoms with Crippen LogP contribution in [0.4, 0.5) is 26.3 Å². The van der Waals surface area contributed by atoms with E-state index in [0.29, 0.717) is 11.3 Å². The number of hydrogen-bond acceptors (Lipinski definition) is 7. The molecule has 1 unspecified atom stereocenters. The predicted octanol–water partition coefficient (Wildman–Crippen LogP) is 4.61. The Bertz CT molecular complexity index is 1080. The summed E-state index contributed by atoms with van der Waals surface area (Å²) in [5, 5.41) is 14.2. The Morgan fingerprint density at radius 3 is 2.02 bits per heavy atom. The number of piperidine rings is 1. The summed E-state index contributed by atoms with van der Waals surface area (Å²) < 4.78 is 74.8. The number of aliphatic carboxylic acids is 2. The highest BCUT2D eigenvalue weighted by molar-refractivity contribution is 5.73. The van der Waals surface area contributed by atoms with Gasteiger partial charge in [0, 0.05) is 38.9 Å². The van der Waals surface area contributed by atoms with Crippen LogP contribution in [0.15, 0.2) is 40.9 Å². The summed E-state index contributed by atoms with van der Waals surface area (Å²) in [4.78, 5) is 27.4. The first-order valence-corrected chi connectivity index (χ1v) is 12.5. The number of alkyl halides is 6. The van der Waals surface area contributed by atoms with Gasteiger partial charge in [-0.2, -0.15) is 26.3 Å². The Labute approximate surface area is 232 Å². The van der Waals surface area contributed by atoms with Gasteiger partial charge in [-0.25, -0.2) is 9.59 Å². The van der Waals surface area contributed by atoms with Crippen molar-refractivity contribution in [1.82, 2.24) is 14.8 Å². The Kier molecular flexibility index (Phi) is 12.2. The number of aromatic nitrogens is 1. The average Bonchev–Trinajstić information content (AvgIpc) is 3.43. The van der Waals surface area contributed by atoms with Gasteiger partial charge in [0.2, 0.25) is 0 Å². The molecule has 0 aromatic carbocycles. The topological polar surface area (TPSA) is 116 Å². The van der Waals surface area contributed by atoms with E-state index in [9.17, 15) is 26.3 Å². The standard InChI is InChI=1S/C22H31N3O2.2C2HF3O2/c1-18-6-7-21(27-18)15-24-11-8-22(9-12-24)17-25(13-19(22)16-26-2)14-20-5-3-4-10-23-20;2*3-2(4,5)1(6)7/h3-7,10,19H,8-9,11-17H2,1-2H3;2*(H,6,7). The van der Waals surface area contributed by atoms with Crippen molar-refractivity contribution in [1.29, 1.82) is 0 Å². The van der Waals surface area contributed by atoms with Gasteiger partial charge >= 0.3 is 24.3 Å². The minimum Gasteiger partial charge on any atom is -0.475 e. The molecule has 15 heteroatoms. The summed E-state index contributed by atoms with van der Waals surface area (Å²) in [6, 6.07) is 10.4. The summed E-state index contributed by atoms with van der Waals surface area (Å²) in [5.41, 5.74) is 1.54. The monoisotopic (exact) mass is 597 g/mol. The van der Waals surface area contributed by atoms with Crippen molar-refractivity contribution in [2.24, 2.45) is 11.3 Å². The fourth-order valence-corrected chi connectivity index (χ4v) is 4.93. The van der Waals surface area contributed by atoms with Gasteiger partial charge < -0.3 is 19.4 Å². The van der Waals surface area contributed by atoms with Gasteiger partial charge in [-0.15, -0.1) is 0 Å². The van der Waals surface area contributed by atoms with E-state index < -0.39 is 24.3 Å². The zero-order valence-electron chi connectivity index (χ0n) is 22.5. The third-order valence-corrected chi connectivity index (χ3v) is 6.88. The summed E-state index contributed by atoms with van der Waals surface area (Å²) in [5.74, 6) is -2.82. The molecule has 1 atom stereocenters. The zero-order chi connectivity index (χ0) is 30.8. The second-order valence-corrected chi connectivity index (χ2v) is 9.90. The average molecular weight is 598 g/mol. The lowest BCUT2D eigenvalue weighted by molar-refractivity contribution is -0.193. The van der Waals surface area contributed by atoms with Crippen LogP contribution in [0.2, 0.25) is 0 Å². The summed E-state index contributed by atoms with van der Waals surface area (Å²) in [7, 11) is 1.84. The molecule has 2 aliphatic heterocycles. The van der Waals surface area contributed by atoms with Crippen LogP contribution < -0.4 is 0 Å².